The standard InChI is InChI=1S/C29H44N4O2/c1-28(2)16-22(20-10-12-26(34)32-24(20)18-28)30-14-8-6-5-7-9-15-31-23-17-29(3,4)19-25-21(23)11-13-27(35)33-25/h10-13,22-23,30-31H,5-9,14-19H2,1-4H3,(H,32,34)(H,33,35)/t22-,23-/m0/s1. The van der Waals surface area contributed by atoms with Gasteiger partial charge >= 0.3 is 0 Å². The number of hydrogen-bond acceptors (Lipinski definition) is 4. The number of unbranched alkanes of at least 4 members (excludes halogenated alkanes) is 4. The maximum atomic E-state index is 11.8. The van der Waals surface area contributed by atoms with E-state index < -0.39 is 0 Å². The summed E-state index contributed by atoms with van der Waals surface area (Å²) < 4.78 is 0. The first-order chi connectivity index (χ1) is 16.6. The second-order valence-electron chi connectivity index (χ2n) is 12.4. The molecule has 2 aromatic heterocycles. The summed E-state index contributed by atoms with van der Waals surface area (Å²) >= 11 is 0. The van der Waals surface area contributed by atoms with Crippen LogP contribution in [0.1, 0.15) is 107 Å². The maximum Gasteiger partial charge on any atom is 0.248 e. The molecule has 0 unspecified atom stereocenters. The van der Waals surface area contributed by atoms with E-state index in [0.717, 1.165) is 50.2 Å². The minimum absolute atomic E-state index is 0.000952. The van der Waals surface area contributed by atoms with Gasteiger partial charge in [-0.05, 0) is 73.6 Å². The molecule has 0 amide bonds. The molecule has 0 spiro atoms. The topological polar surface area (TPSA) is 89.8 Å². The van der Waals surface area contributed by atoms with Gasteiger partial charge in [-0.2, -0.15) is 0 Å². The molecule has 0 fully saturated rings. The highest BCUT2D eigenvalue weighted by molar-refractivity contribution is 5.29. The van der Waals surface area contributed by atoms with Gasteiger partial charge in [0.15, 0.2) is 0 Å². The molecular formula is C29H44N4O2. The van der Waals surface area contributed by atoms with Crippen molar-refractivity contribution in [1.29, 1.82) is 0 Å². The van der Waals surface area contributed by atoms with Gasteiger partial charge in [0.1, 0.15) is 0 Å². The van der Waals surface area contributed by atoms with Crippen LogP contribution in [-0.2, 0) is 12.8 Å². The number of aromatic nitrogens is 2. The van der Waals surface area contributed by atoms with Crippen molar-refractivity contribution in [3.8, 4) is 0 Å². The van der Waals surface area contributed by atoms with Crippen molar-refractivity contribution in [2.24, 2.45) is 10.8 Å². The lowest BCUT2D eigenvalue weighted by molar-refractivity contribution is 0.252. The summed E-state index contributed by atoms with van der Waals surface area (Å²) in [6.45, 7) is 11.2. The first-order valence-corrected chi connectivity index (χ1v) is 13.5. The van der Waals surface area contributed by atoms with Crippen molar-refractivity contribution in [1.82, 2.24) is 20.6 Å². The Kier molecular flexibility index (Phi) is 8.02. The number of nitrogens with one attached hydrogen (secondary N) is 4. The predicted molar refractivity (Wildman–Crippen MR) is 143 cm³/mol. The lowest BCUT2D eigenvalue weighted by Crippen LogP contribution is -2.35. The molecule has 4 N–H and O–H groups in total. The molecule has 192 valence electrons. The van der Waals surface area contributed by atoms with Gasteiger partial charge in [-0.3, -0.25) is 9.59 Å². The minimum atomic E-state index is 0.000952. The van der Waals surface area contributed by atoms with Crippen molar-refractivity contribution in [2.45, 2.75) is 97.6 Å². The quantitative estimate of drug-likeness (QED) is 0.363. The minimum Gasteiger partial charge on any atom is -0.326 e. The Bertz CT molecular complexity index is 1030. The van der Waals surface area contributed by atoms with E-state index in [1.54, 1.807) is 12.1 Å². The Hall–Kier alpha value is -2.18. The molecule has 0 aliphatic heterocycles. The average Bonchev–Trinajstić information content (AvgIpc) is 2.75. The molecule has 2 aliphatic carbocycles. The third-order valence-electron chi connectivity index (χ3n) is 7.78. The molecule has 2 atom stereocenters. The fourth-order valence-corrected chi connectivity index (χ4v) is 6.13. The summed E-state index contributed by atoms with van der Waals surface area (Å²) in [4.78, 5) is 29.6. The zero-order valence-electron chi connectivity index (χ0n) is 22.1. The molecule has 6 nitrogen and oxygen atoms in total. The number of pyridine rings is 2. The molecule has 2 aliphatic rings. The molecule has 6 heteroatoms. The number of H-pyrrole nitrogens is 2. The van der Waals surface area contributed by atoms with Crippen LogP contribution >= 0.6 is 0 Å². The second kappa shape index (κ2) is 10.8. The van der Waals surface area contributed by atoms with Gasteiger partial charge in [0.25, 0.3) is 0 Å². The van der Waals surface area contributed by atoms with Crippen LogP contribution in [-0.4, -0.2) is 23.1 Å². The SMILES string of the molecule is CC1(C)Cc2[nH]c(=O)ccc2[C@@H](NCCCCCCCN[C@H]2CC(C)(C)Cc3[nH]c(=O)ccc32)C1. The Balaban J connectivity index is 1.14. The monoisotopic (exact) mass is 480 g/mol. The number of fused-ring (bicyclic) bond motifs is 2. The molecule has 0 saturated carbocycles. The number of rotatable bonds is 10. The first kappa shape index (κ1) is 25.9. The highest BCUT2D eigenvalue weighted by atomic mass is 16.1. The van der Waals surface area contributed by atoms with Crippen molar-refractivity contribution in [3.05, 3.63) is 67.5 Å². The van der Waals surface area contributed by atoms with Gasteiger partial charge in [0.2, 0.25) is 11.1 Å². The lowest BCUT2D eigenvalue weighted by atomic mass is 9.74. The van der Waals surface area contributed by atoms with Gasteiger partial charge in [-0.1, -0.05) is 59.1 Å². The van der Waals surface area contributed by atoms with Crippen LogP contribution in [0.4, 0.5) is 0 Å². The van der Waals surface area contributed by atoms with E-state index in [9.17, 15) is 9.59 Å². The van der Waals surface area contributed by atoms with Gasteiger partial charge in [-0.25, -0.2) is 0 Å². The van der Waals surface area contributed by atoms with Crippen LogP contribution in [0.2, 0.25) is 0 Å². The van der Waals surface area contributed by atoms with Gasteiger partial charge < -0.3 is 20.6 Å². The molecule has 0 aromatic carbocycles. The molecule has 0 bridgehead atoms. The van der Waals surface area contributed by atoms with Crippen molar-refractivity contribution < 1.29 is 0 Å². The summed E-state index contributed by atoms with van der Waals surface area (Å²) in [5.74, 6) is 0. The molecule has 0 radical (unpaired) electrons. The fraction of sp³-hybridized carbons (Fsp3) is 0.655. The largest absolute Gasteiger partial charge is 0.326 e. The molecule has 35 heavy (non-hydrogen) atoms. The predicted octanol–water partition coefficient (Wildman–Crippen LogP) is 4.92. The summed E-state index contributed by atoms with van der Waals surface area (Å²) in [7, 11) is 0. The van der Waals surface area contributed by atoms with E-state index in [1.807, 2.05) is 12.1 Å². The molecule has 4 rings (SSSR count). The van der Waals surface area contributed by atoms with Gasteiger partial charge in [-0.15, -0.1) is 0 Å². The Morgan fingerprint density at radius 1 is 0.686 bits per heavy atom. The molecule has 2 heterocycles. The van der Waals surface area contributed by atoms with Crippen molar-refractivity contribution in [3.63, 3.8) is 0 Å². The zero-order valence-corrected chi connectivity index (χ0v) is 22.1. The van der Waals surface area contributed by atoms with Crippen LogP contribution in [0.15, 0.2) is 33.9 Å². The number of hydrogen-bond donors (Lipinski definition) is 4. The lowest BCUT2D eigenvalue weighted by Gasteiger charge is -2.37. The fourth-order valence-electron chi connectivity index (χ4n) is 6.13. The zero-order chi connectivity index (χ0) is 25.1. The summed E-state index contributed by atoms with van der Waals surface area (Å²) in [5, 5.41) is 7.52. The average molecular weight is 481 g/mol. The normalized spacial score (nSPS) is 22.4. The van der Waals surface area contributed by atoms with Crippen molar-refractivity contribution >= 4 is 0 Å². The Morgan fingerprint density at radius 3 is 1.51 bits per heavy atom. The summed E-state index contributed by atoms with van der Waals surface area (Å²) in [5.41, 5.74) is 5.15. The molecule has 2 aromatic rings. The van der Waals surface area contributed by atoms with Gasteiger partial charge in [0, 0.05) is 35.6 Å². The second-order valence-corrected chi connectivity index (χ2v) is 12.4. The highest BCUT2D eigenvalue weighted by Crippen LogP contribution is 2.40. The smallest absolute Gasteiger partial charge is 0.248 e. The van der Waals surface area contributed by atoms with E-state index in [0.29, 0.717) is 12.1 Å². The summed E-state index contributed by atoms with van der Waals surface area (Å²) in [6, 6.07) is 7.99. The Labute approximate surface area is 209 Å². The molecule has 0 saturated heterocycles. The number of aromatic amines is 2. The molecular weight excluding hydrogens is 436 g/mol. The van der Waals surface area contributed by atoms with Crippen LogP contribution in [0.25, 0.3) is 0 Å². The maximum absolute atomic E-state index is 11.8. The van der Waals surface area contributed by atoms with Crippen LogP contribution in [0, 0.1) is 10.8 Å². The first-order valence-electron chi connectivity index (χ1n) is 13.5. The van der Waals surface area contributed by atoms with E-state index in [2.05, 4.69) is 48.3 Å². The van der Waals surface area contributed by atoms with E-state index >= 15 is 0 Å². The van der Waals surface area contributed by atoms with E-state index in [4.69, 9.17) is 0 Å². The highest BCUT2D eigenvalue weighted by Gasteiger charge is 2.33. The Morgan fingerprint density at radius 2 is 1.09 bits per heavy atom. The van der Waals surface area contributed by atoms with Crippen molar-refractivity contribution in [2.75, 3.05) is 13.1 Å². The van der Waals surface area contributed by atoms with E-state index in [-0.39, 0.29) is 21.9 Å². The third-order valence-corrected chi connectivity index (χ3v) is 7.78. The van der Waals surface area contributed by atoms with Crippen LogP contribution in [0.3, 0.4) is 0 Å². The van der Waals surface area contributed by atoms with Crippen LogP contribution < -0.4 is 21.8 Å². The summed E-state index contributed by atoms with van der Waals surface area (Å²) in [6.07, 6.45) is 10.2. The van der Waals surface area contributed by atoms with E-state index in [1.165, 1.54) is 43.2 Å². The van der Waals surface area contributed by atoms with Gasteiger partial charge in [0.05, 0.1) is 0 Å². The van der Waals surface area contributed by atoms with Crippen LogP contribution in [0.5, 0.6) is 0 Å². The third kappa shape index (κ3) is 6.95.